The number of rotatable bonds is 4. The molecule has 1 aromatic rings. The Balaban J connectivity index is 1.50. The lowest BCUT2D eigenvalue weighted by Crippen LogP contribution is -2.53. The lowest BCUT2D eigenvalue weighted by atomic mass is 10.2. The topological polar surface area (TPSA) is 49.9 Å². The van der Waals surface area contributed by atoms with Crippen LogP contribution in [0.25, 0.3) is 0 Å². The molecule has 5 nitrogen and oxygen atoms in total. The predicted molar refractivity (Wildman–Crippen MR) is 87.4 cm³/mol. The molecule has 2 aliphatic rings. The lowest BCUT2D eigenvalue weighted by molar-refractivity contribution is -0.144. The summed E-state index contributed by atoms with van der Waals surface area (Å²) in [7, 11) is 0. The summed E-state index contributed by atoms with van der Waals surface area (Å²) in [5, 5.41) is 0.632. The first-order chi connectivity index (χ1) is 11.0. The summed E-state index contributed by atoms with van der Waals surface area (Å²) in [4.78, 5) is 28.1. The second-order valence-corrected chi connectivity index (χ2v) is 6.58. The largest absolute Gasteiger partial charge is 0.481 e. The maximum Gasteiger partial charge on any atom is 0.263 e. The smallest absolute Gasteiger partial charge is 0.263 e. The van der Waals surface area contributed by atoms with Gasteiger partial charge < -0.3 is 14.5 Å². The molecular weight excluding hydrogens is 316 g/mol. The number of ether oxygens (including phenoxy) is 1. The van der Waals surface area contributed by atoms with Crippen molar-refractivity contribution in [3.8, 4) is 5.75 Å². The number of hydrogen-bond donors (Lipinski definition) is 0. The molecule has 23 heavy (non-hydrogen) atoms. The van der Waals surface area contributed by atoms with Gasteiger partial charge in [-0.25, -0.2) is 0 Å². The monoisotopic (exact) mass is 336 g/mol. The minimum Gasteiger partial charge on any atom is -0.481 e. The summed E-state index contributed by atoms with van der Waals surface area (Å²) in [5.74, 6) is 1.07. The number of carbonyl (C=O) groups is 2. The van der Waals surface area contributed by atoms with Crippen LogP contribution in [-0.2, 0) is 9.59 Å². The Labute approximate surface area is 141 Å². The number of carbonyl (C=O) groups excluding carboxylic acids is 2. The van der Waals surface area contributed by atoms with Crippen LogP contribution in [0.4, 0.5) is 0 Å². The van der Waals surface area contributed by atoms with E-state index in [2.05, 4.69) is 0 Å². The van der Waals surface area contributed by atoms with Crippen molar-refractivity contribution in [2.45, 2.75) is 25.9 Å². The Morgan fingerprint density at radius 2 is 1.65 bits per heavy atom. The van der Waals surface area contributed by atoms with Crippen LogP contribution in [0.15, 0.2) is 24.3 Å². The van der Waals surface area contributed by atoms with Crippen molar-refractivity contribution in [1.82, 2.24) is 9.80 Å². The molecular formula is C17H21ClN2O3. The Hall–Kier alpha value is -1.75. The van der Waals surface area contributed by atoms with Gasteiger partial charge in [0, 0.05) is 37.1 Å². The molecule has 2 amide bonds. The highest BCUT2D eigenvalue weighted by Gasteiger charge is 2.35. The molecule has 0 aromatic heterocycles. The Bertz CT molecular complexity index is 578. The standard InChI is InChI=1S/C17H21ClN2O3/c1-12(23-15-6-4-14(18)5-7-15)16(21)19-8-10-20(11-9-19)17(22)13-2-3-13/h4-7,12-13H,2-3,8-11H2,1H3. The molecule has 1 saturated carbocycles. The van der Waals surface area contributed by atoms with Crippen LogP contribution in [0.1, 0.15) is 19.8 Å². The van der Waals surface area contributed by atoms with E-state index in [-0.39, 0.29) is 17.7 Å². The van der Waals surface area contributed by atoms with Crippen molar-refractivity contribution >= 4 is 23.4 Å². The zero-order valence-corrected chi connectivity index (χ0v) is 14.0. The first kappa shape index (κ1) is 16.1. The minimum absolute atomic E-state index is 0.0431. The van der Waals surface area contributed by atoms with Crippen molar-refractivity contribution in [3.05, 3.63) is 29.3 Å². The molecule has 1 aromatic carbocycles. The lowest BCUT2D eigenvalue weighted by Gasteiger charge is -2.36. The van der Waals surface area contributed by atoms with Gasteiger partial charge in [-0.3, -0.25) is 9.59 Å². The number of hydrogen-bond acceptors (Lipinski definition) is 3. The van der Waals surface area contributed by atoms with E-state index in [1.807, 2.05) is 4.90 Å². The number of piperazine rings is 1. The van der Waals surface area contributed by atoms with Crippen LogP contribution < -0.4 is 4.74 Å². The molecule has 3 rings (SSSR count). The zero-order valence-electron chi connectivity index (χ0n) is 13.2. The molecule has 0 N–H and O–H groups in total. The molecule has 0 radical (unpaired) electrons. The number of nitrogens with zero attached hydrogens (tertiary/aromatic N) is 2. The molecule has 0 spiro atoms. The van der Waals surface area contributed by atoms with Gasteiger partial charge in [0.2, 0.25) is 5.91 Å². The van der Waals surface area contributed by atoms with Crippen molar-refractivity contribution in [3.63, 3.8) is 0 Å². The number of halogens is 1. The highest BCUT2D eigenvalue weighted by molar-refractivity contribution is 6.30. The zero-order chi connectivity index (χ0) is 16.4. The quantitative estimate of drug-likeness (QED) is 0.847. The van der Waals surface area contributed by atoms with E-state index in [0.29, 0.717) is 37.0 Å². The van der Waals surface area contributed by atoms with Crippen molar-refractivity contribution in [2.75, 3.05) is 26.2 Å². The fraction of sp³-hybridized carbons (Fsp3) is 0.529. The SMILES string of the molecule is CC(Oc1ccc(Cl)cc1)C(=O)N1CCN(C(=O)C2CC2)CC1. The van der Waals surface area contributed by atoms with Gasteiger partial charge in [0.25, 0.3) is 5.91 Å². The summed E-state index contributed by atoms with van der Waals surface area (Å²) in [6.45, 7) is 4.14. The van der Waals surface area contributed by atoms with Crippen LogP contribution in [0.5, 0.6) is 5.75 Å². The van der Waals surface area contributed by atoms with Crippen LogP contribution in [-0.4, -0.2) is 53.9 Å². The van der Waals surface area contributed by atoms with E-state index < -0.39 is 6.10 Å². The van der Waals surface area contributed by atoms with Gasteiger partial charge >= 0.3 is 0 Å². The van der Waals surface area contributed by atoms with Crippen LogP contribution in [0.2, 0.25) is 5.02 Å². The Morgan fingerprint density at radius 3 is 2.22 bits per heavy atom. The third-order valence-corrected chi connectivity index (χ3v) is 4.56. The molecule has 2 fully saturated rings. The van der Waals surface area contributed by atoms with E-state index in [1.54, 1.807) is 36.1 Å². The highest BCUT2D eigenvalue weighted by atomic mass is 35.5. The first-order valence-corrected chi connectivity index (χ1v) is 8.42. The number of benzene rings is 1. The second-order valence-electron chi connectivity index (χ2n) is 6.14. The van der Waals surface area contributed by atoms with E-state index in [4.69, 9.17) is 16.3 Å². The van der Waals surface area contributed by atoms with E-state index in [0.717, 1.165) is 12.8 Å². The average Bonchev–Trinajstić information content (AvgIpc) is 3.41. The van der Waals surface area contributed by atoms with Gasteiger partial charge in [-0.05, 0) is 44.0 Å². The fourth-order valence-electron chi connectivity index (χ4n) is 2.76. The van der Waals surface area contributed by atoms with E-state index >= 15 is 0 Å². The third-order valence-electron chi connectivity index (χ3n) is 4.30. The Morgan fingerprint density at radius 1 is 1.09 bits per heavy atom. The molecule has 0 bridgehead atoms. The predicted octanol–water partition coefficient (Wildman–Crippen LogP) is 2.19. The van der Waals surface area contributed by atoms with Crippen molar-refractivity contribution in [2.24, 2.45) is 5.92 Å². The maximum atomic E-state index is 12.5. The van der Waals surface area contributed by atoms with Crippen molar-refractivity contribution < 1.29 is 14.3 Å². The summed E-state index contributed by atoms with van der Waals surface area (Å²) < 4.78 is 5.68. The van der Waals surface area contributed by atoms with Crippen molar-refractivity contribution in [1.29, 1.82) is 0 Å². The van der Waals surface area contributed by atoms with E-state index in [1.165, 1.54) is 0 Å². The van der Waals surface area contributed by atoms with Crippen LogP contribution >= 0.6 is 11.6 Å². The second kappa shape index (κ2) is 6.79. The minimum atomic E-state index is -0.554. The molecule has 1 saturated heterocycles. The van der Waals surface area contributed by atoms with Gasteiger partial charge in [-0.15, -0.1) is 0 Å². The molecule has 6 heteroatoms. The van der Waals surface area contributed by atoms with Crippen LogP contribution in [0.3, 0.4) is 0 Å². The van der Waals surface area contributed by atoms with Gasteiger partial charge in [0.1, 0.15) is 5.75 Å². The maximum absolute atomic E-state index is 12.5. The molecule has 1 aliphatic carbocycles. The normalized spacial score (nSPS) is 19.4. The van der Waals surface area contributed by atoms with Gasteiger partial charge in [-0.2, -0.15) is 0 Å². The van der Waals surface area contributed by atoms with Gasteiger partial charge in [0.15, 0.2) is 6.10 Å². The third kappa shape index (κ3) is 3.96. The van der Waals surface area contributed by atoms with Gasteiger partial charge in [-0.1, -0.05) is 11.6 Å². The number of amides is 2. The fourth-order valence-corrected chi connectivity index (χ4v) is 2.89. The molecule has 124 valence electrons. The summed E-state index contributed by atoms with van der Waals surface area (Å²) in [5.41, 5.74) is 0. The summed E-state index contributed by atoms with van der Waals surface area (Å²) >= 11 is 5.84. The average molecular weight is 337 g/mol. The molecule has 1 heterocycles. The van der Waals surface area contributed by atoms with Gasteiger partial charge in [0.05, 0.1) is 0 Å². The summed E-state index contributed by atoms with van der Waals surface area (Å²) in [6, 6.07) is 6.96. The molecule has 1 atom stereocenters. The summed E-state index contributed by atoms with van der Waals surface area (Å²) in [6.07, 6.45) is 1.48. The first-order valence-electron chi connectivity index (χ1n) is 8.04. The molecule has 1 aliphatic heterocycles. The Kier molecular flexibility index (Phi) is 4.76. The van der Waals surface area contributed by atoms with E-state index in [9.17, 15) is 9.59 Å². The molecule has 1 unspecified atom stereocenters. The van der Waals surface area contributed by atoms with Crippen LogP contribution in [0, 0.1) is 5.92 Å². The highest BCUT2D eigenvalue weighted by Crippen LogP contribution is 2.31.